The van der Waals surface area contributed by atoms with Gasteiger partial charge in [-0.15, -0.1) is 0 Å². The molecule has 2 aromatic carbocycles. The molecule has 0 saturated heterocycles. The van der Waals surface area contributed by atoms with Crippen LogP contribution < -0.4 is 5.32 Å². The Hall–Kier alpha value is -3.18. The number of phenolic OH excluding ortho intramolecular Hbond substituents is 1. The summed E-state index contributed by atoms with van der Waals surface area (Å²) in [5.41, 5.74) is 1.78. The first-order valence-corrected chi connectivity index (χ1v) is 8.70. The van der Waals surface area contributed by atoms with Gasteiger partial charge in [0.05, 0.1) is 11.1 Å². The van der Waals surface area contributed by atoms with Gasteiger partial charge >= 0.3 is 0 Å². The predicted octanol–water partition coefficient (Wildman–Crippen LogP) is 5.33. The first-order valence-electron chi connectivity index (χ1n) is 8.32. The Bertz CT molecular complexity index is 1110. The van der Waals surface area contributed by atoms with Crippen molar-refractivity contribution in [2.45, 2.75) is 6.04 Å². The molecule has 4 rings (SSSR count). The lowest BCUT2D eigenvalue weighted by Gasteiger charge is -2.22. The van der Waals surface area contributed by atoms with E-state index in [-0.39, 0.29) is 10.8 Å². The van der Waals surface area contributed by atoms with E-state index in [1.165, 1.54) is 6.07 Å². The fourth-order valence-electron chi connectivity index (χ4n) is 3.01. The normalized spacial score (nSPS) is 12.1. The summed E-state index contributed by atoms with van der Waals surface area (Å²) in [5, 5.41) is 15.0. The fourth-order valence-corrected chi connectivity index (χ4v) is 3.20. The topological polar surface area (TPSA) is 58.0 Å². The zero-order chi connectivity index (χ0) is 18.8. The molecule has 4 nitrogen and oxygen atoms in total. The molecule has 0 spiro atoms. The second kappa shape index (κ2) is 7.21. The van der Waals surface area contributed by atoms with Crippen LogP contribution in [0.2, 0.25) is 5.02 Å². The highest BCUT2D eigenvalue weighted by Gasteiger charge is 2.21. The zero-order valence-electron chi connectivity index (χ0n) is 14.1. The maximum absolute atomic E-state index is 13.7. The van der Waals surface area contributed by atoms with Crippen molar-refractivity contribution >= 4 is 28.3 Å². The van der Waals surface area contributed by atoms with Gasteiger partial charge < -0.3 is 10.4 Å². The van der Waals surface area contributed by atoms with E-state index in [0.717, 1.165) is 5.39 Å². The molecule has 2 N–H and O–H groups in total. The molecule has 0 bridgehead atoms. The molecular formula is C21H15ClFN3O. The van der Waals surface area contributed by atoms with Crippen molar-refractivity contribution < 1.29 is 9.50 Å². The number of halogens is 2. The van der Waals surface area contributed by atoms with Crippen molar-refractivity contribution in [1.82, 2.24) is 9.97 Å². The smallest absolute Gasteiger partial charge is 0.147 e. The quantitative estimate of drug-likeness (QED) is 0.503. The van der Waals surface area contributed by atoms with Crippen molar-refractivity contribution in [3.05, 3.63) is 95.0 Å². The Kier molecular flexibility index (Phi) is 4.60. The number of aromatic hydroxyl groups is 1. The Labute approximate surface area is 160 Å². The van der Waals surface area contributed by atoms with Crippen molar-refractivity contribution in [1.29, 1.82) is 0 Å². The fraction of sp³-hybridized carbons (Fsp3) is 0.0476. The molecular weight excluding hydrogens is 365 g/mol. The summed E-state index contributed by atoms with van der Waals surface area (Å²) in [6.45, 7) is 0. The minimum absolute atomic E-state index is 0.0127. The number of hydrogen-bond acceptors (Lipinski definition) is 4. The first kappa shape index (κ1) is 17.2. The van der Waals surface area contributed by atoms with Gasteiger partial charge in [-0.25, -0.2) is 9.37 Å². The maximum atomic E-state index is 13.7. The van der Waals surface area contributed by atoms with Crippen molar-refractivity contribution in [2.75, 3.05) is 5.32 Å². The maximum Gasteiger partial charge on any atom is 0.147 e. The van der Waals surface area contributed by atoms with Crippen LogP contribution in [0.4, 0.5) is 10.2 Å². The van der Waals surface area contributed by atoms with Crippen LogP contribution in [0, 0.1) is 5.82 Å². The van der Waals surface area contributed by atoms with Gasteiger partial charge in [0.15, 0.2) is 0 Å². The van der Waals surface area contributed by atoms with Crippen LogP contribution in [0.3, 0.4) is 0 Å². The standard InChI is InChI=1S/C21H15ClFN3O/c22-16-12-14(7-9-17(16)23)19(26-18-5-1-2-10-24-18)15-8-6-13-4-3-11-25-20(13)21(15)27/h1-12,19,27H,(H,24,26). The summed E-state index contributed by atoms with van der Waals surface area (Å²) in [6, 6.07) is 16.8. The van der Waals surface area contributed by atoms with Gasteiger partial charge in [-0.3, -0.25) is 4.98 Å². The van der Waals surface area contributed by atoms with Crippen LogP contribution in [0.1, 0.15) is 17.2 Å². The highest BCUT2D eigenvalue weighted by molar-refractivity contribution is 6.30. The predicted molar refractivity (Wildman–Crippen MR) is 105 cm³/mol. The number of nitrogens with one attached hydrogen (secondary N) is 1. The second-order valence-electron chi connectivity index (χ2n) is 6.04. The SMILES string of the molecule is Oc1c(C(Nc2ccccn2)c2ccc(F)c(Cl)c2)ccc2cccnc12. The van der Waals surface area contributed by atoms with Gasteiger partial charge in [0.1, 0.15) is 22.9 Å². The number of phenols is 1. The molecule has 1 atom stereocenters. The molecule has 2 heterocycles. The van der Waals surface area contributed by atoms with E-state index in [0.29, 0.717) is 22.5 Å². The highest BCUT2D eigenvalue weighted by atomic mass is 35.5. The average Bonchev–Trinajstić information content (AvgIpc) is 2.70. The molecule has 0 radical (unpaired) electrons. The third-order valence-corrected chi connectivity index (χ3v) is 4.61. The van der Waals surface area contributed by atoms with Gasteiger partial charge in [-0.1, -0.05) is 41.9 Å². The van der Waals surface area contributed by atoms with Crippen molar-refractivity contribution in [2.24, 2.45) is 0 Å². The number of nitrogens with zero attached hydrogens (tertiary/aromatic N) is 2. The van der Waals surface area contributed by atoms with E-state index in [2.05, 4.69) is 15.3 Å². The van der Waals surface area contributed by atoms with Gasteiger partial charge in [0.25, 0.3) is 0 Å². The molecule has 27 heavy (non-hydrogen) atoms. The van der Waals surface area contributed by atoms with Crippen molar-refractivity contribution in [3.63, 3.8) is 0 Å². The van der Waals surface area contributed by atoms with E-state index in [4.69, 9.17) is 11.6 Å². The highest BCUT2D eigenvalue weighted by Crippen LogP contribution is 2.37. The van der Waals surface area contributed by atoms with E-state index in [9.17, 15) is 9.50 Å². The van der Waals surface area contributed by atoms with E-state index < -0.39 is 11.9 Å². The third kappa shape index (κ3) is 3.41. The average molecular weight is 380 g/mol. The minimum atomic E-state index is -0.499. The van der Waals surface area contributed by atoms with Gasteiger partial charge in [-0.2, -0.15) is 0 Å². The van der Waals surface area contributed by atoms with Crippen LogP contribution in [0.25, 0.3) is 10.9 Å². The molecule has 0 aliphatic heterocycles. The Morgan fingerprint density at radius 1 is 0.963 bits per heavy atom. The van der Waals surface area contributed by atoms with Crippen LogP contribution >= 0.6 is 11.6 Å². The molecule has 0 amide bonds. The first-order chi connectivity index (χ1) is 13.1. The number of aromatic nitrogens is 2. The van der Waals surface area contributed by atoms with Crippen LogP contribution in [-0.2, 0) is 0 Å². The van der Waals surface area contributed by atoms with Gasteiger partial charge in [-0.05, 0) is 35.9 Å². The monoisotopic (exact) mass is 379 g/mol. The van der Waals surface area contributed by atoms with E-state index >= 15 is 0 Å². The summed E-state index contributed by atoms with van der Waals surface area (Å²) < 4.78 is 13.7. The van der Waals surface area contributed by atoms with Crippen molar-refractivity contribution in [3.8, 4) is 5.75 Å². The lowest BCUT2D eigenvalue weighted by molar-refractivity contribution is 0.471. The third-order valence-electron chi connectivity index (χ3n) is 4.32. The van der Waals surface area contributed by atoms with Crippen LogP contribution in [0.5, 0.6) is 5.75 Å². The van der Waals surface area contributed by atoms with Crippen LogP contribution in [-0.4, -0.2) is 15.1 Å². The molecule has 0 aliphatic carbocycles. The largest absolute Gasteiger partial charge is 0.505 e. The van der Waals surface area contributed by atoms with Gasteiger partial charge in [0, 0.05) is 23.3 Å². The minimum Gasteiger partial charge on any atom is -0.505 e. The number of hydrogen-bond donors (Lipinski definition) is 2. The lowest BCUT2D eigenvalue weighted by atomic mass is 9.96. The molecule has 0 aliphatic rings. The molecule has 0 saturated carbocycles. The summed E-state index contributed by atoms with van der Waals surface area (Å²) in [4.78, 5) is 8.56. The summed E-state index contributed by atoms with van der Waals surface area (Å²) >= 11 is 5.99. The van der Waals surface area contributed by atoms with E-state index in [1.54, 1.807) is 24.5 Å². The van der Waals surface area contributed by atoms with Gasteiger partial charge in [0.2, 0.25) is 0 Å². The summed E-state index contributed by atoms with van der Waals surface area (Å²) in [7, 11) is 0. The number of fused-ring (bicyclic) bond motifs is 1. The summed E-state index contributed by atoms with van der Waals surface area (Å²) in [5.74, 6) is 0.173. The molecule has 134 valence electrons. The Morgan fingerprint density at radius 3 is 2.59 bits per heavy atom. The van der Waals surface area contributed by atoms with E-state index in [1.807, 2.05) is 42.5 Å². The summed E-state index contributed by atoms with van der Waals surface area (Å²) in [6.07, 6.45) is 3.29. The molecule has 4 aromatic rings. The molecule has 6 heteroatoms. The number of rotatable bonds is 4. The Morgan fingerprint density at radius 2 is 1.81 bits per heavy atom. The number of benzene rings is 2. The number of pyridine rings is 2. The molecule has 2 aromatic heterocycles. The second-order valence-corrected chi connectivity index (χ2v) is 6.45. The molecule has 0 fully saturated rings. The molecule has 1 unspecified atom stereocenters. The Balaban J connectivity index is 1.87. The number of anilines is 1. The van der Waals surface area contributed by atoms with Crippen LogP contribution in [0.15, 0.2) is 73.1 Å². The zero-order valence-corrected chi connectivity index (χ0v) is 14.9. The lowest BCUT2D eigenvalue weighted by Crippen LogP contribution is -2.14.